The van der Waals surface area contributed by atoms with E-state index in [2.05, 4.69) is 40.0 Å². The maximum absolute atomic E-state index is 11.7. The Morgan fingerprint density at radius 3 is 2.33 bits per heavy atom. The number of aliphatic imine (C=N–C) groups is 1. The van der Waals surface area contributed by atoms with E-state index in [-0.39, 0.29) is 5.91 Å². The Bertz CT molecular complexity index is 691. The molecule has 0 saturated heterocycles. The van der Waals surface area contributed by atoms with E-state index in [4.69, 9.17) is 0 Å². The van der Waals surface area contributed by atoms with E-state index in [0.29, 0.717) is 18.7 Å². The molecule has 3 N–H and O–H groups in total. The second-order valence-corrected chi connectivity index (χ2v) is 6.72. The summed E-state index contributed by atoms with van der Waals surface area (Å²) in [5.74, 6) is 0.717. The smallest absolute Gasteiger partial charge is 0.251 e. The first kappa shape index (κ1) is 18.0. The lowest BCUT2D eigenvalue weighted by Crippen LogP contribution is -2.36. The van der Waals surface area contributed by atoms with Gasteiger partial charge in [0.15, 0.2) is 5.96 Å². The number of hydrogen-bond donors (Lipinski definition) is 3. The first-order valence-electron chi connectivity index (χ1n) is 7.99. The summed E-state index contributed by atoms with van der Waals surface area (Å²) >= 11 is 1.78. The van der Waals surface area contributed by atoms with E-state index >= 15 is 0 Å². The lowest BCUT2D eigenvalue weighted by Gasteiger charge is -2.11. The van der Waals surface area contributed by atoms with Crippen molar-refractivity contribution in [2.45, 2.75) is 26.9 Å². The van der Waals surface area contributed by atoms with Crippen LogP contribution in [-0.4, -0.2) is 25.5 Å². The van der Waals surface area contributed by atoms with Crippen molar-refractivity contribution in [3.05, 3.63) is 57.3 Å². The van der Waals surface area contributed by atoms with Crippen molar-refractivity contribution in [2.75, 3.05) is 13.6 Å². The van der Waals surface area contributed by atoms with Crippen LogP contribution in [0.3, 0.4) is 0 Å². The largest absolute Gasteiger partial charge is 0.352 e. The van der Waals surface area contributed by atoms with Crippen molar-refractivity contribution in [2.24, 2.45) is 4.99 Å². The van der Waals surface area contributed by atoms with Gasteiger partial charge in [-0.05, 0) is 43.7 Å². The number of nitrogens with one attached hydrogen (secondary N) is 3. The van der Waals surface area contributed by atoms with Gasteiger partial charge in [-0.25, -0.2) is 0 Å². The van der Waals surface area contributed by atoms with Crippen LogP contribution >= 0.6 is 11.3 Å². The minimum Gasteiger partial charge on any atom is -0.352 e. The van der Waals surface area contributed by atoms with Crippen LogP contribution in [0.5, 0.6) is 0 Å². The fraction of sp³-hybridized carbons (Fsp3) is 0.333. The highest BCUT2D eigenvalue weighted by Crippen LogP contribution is 2.14. The Hall–Kier alpha value is -2.34. The monoisotopic (exact) mass is 344 g/mol. The Kier molecular flexibility index (Phi) is 6.81. The van der Waals surface area contributed by atoms with Crippen LogP contribution < -0.4 is 16.0 Å². The second kappa shape index (κ2) is 9.08. The average Bonchev–Trinajstić information content (AvgIpc) is 3.01. The third kappa shape index (κ3) is 5.38. The van der Waals surface area contributed by atoms with E-state index in [1.54, 1.807) is 18.4 Å². The summed E-state index contributed by atoms with van der Waals surface area (Å²) < 4.78 is 0. The van der Waals surface area contributed by atoms with Crippen molar-refractivity contribution >= 4 is 23.2 Å². The third-order valence-electron chi connectivity index (χ3n) is 3.46. The predicted octanol–water partition coefficient (Wildman–Crippen LogP) is 2.67. The number of carbonyl (C=O) groups excluding carboxylic acids is 1. The van der Waals surface area contributed by atoms with Gasteiger partial charge in [0.05, 0.1) is 6.54 Å². The van der Waals surface area contributed by atoms with Gasteiger partial charge < -0.3 is 16.0 Å². The summed E-state index contributed by atoms with van der Waals surface area (Å²) in [5.41, 5.74) is 1.77. The second-order valence-electron chi connectivity index (χ2n) is 5.35. The fourth-order valence-electron chi connectivity index (χ4n) is 2.19. The minimum atomic E-state index is -0.0410. The first-order valence-corrected chi connectivity index (χ1v) is 8.81. The van der Waals surface area contributed by atoms with Crippen LogP contribution in [0.2, 0.25) is 0 Å². The van der Waals surface area contributed by atoms with Gasteiger partial charge in [0.1, 0.15) is 0 Å². The standard InChI is InChI=1S/C18H24N4OS/c1-4-20-17(23)15-8-6-14(7-9-15)11-21-18(19-3)22-12-16-10-5-13(2)24-16/h5-10H,4,11-12H2,1-3H3,(H,20,23)(H2,19,21,22). The van der Waals surface area contributed by atoms with Crippen molar-refractivity contribution in [1.29, 1.82) is 0 Å². The SMILES string of the molecule is CCNC(=O)c1ccc(CNC(=NC)NCc2ccc(C)s2)cc1. The molecule has 6 heteroatoms. The molecule has 0 saturated carbocycles. The lowest BCUT2D eigenvalue weighted by atomic mass is 10.1. The van der Waals surface area contributed by atoms with Crippen LogP contribution in [-0.2, 0) is 13.1 Å². The molecule has 0 spiro atoms. The Morgan fingerprint density at radius 2 is 1.75 bits per heavy atom. The zero-order valence-corrected chi connectivity index (χ0v) is 15.2. The van der Waals surface area contributed by atoms with Crippen LogP contribution in [0.15, 0.2) is 41.4 Å². The highest BCUT2D eigenvalue weighted by Gasteiger charge is 2.04. The normalized spacial score (nSPS) is 11.2. The van der Waals surface area contributed by atoms with E-state index in [1.807, 2.05) is 31.2 Å². The molecule has 1 heterocycles. The van der Waals surface area contributed by atoms with E-state index in [0.717, 1.165) is 18.1 Å². The molecule has 0 radical (unpaired) electrons. The highest BCUT2D eigenvalue weighted by atomic mass is 32.1. The molecule has 0 unspecified atom stereocenters. The molecule has 0 fully saturated rings. The van der Waals surface area contributed by atoms with Gasteiger partial charge in [-0.2, -0.15) is 0 Å². The third-order valence-corrected chi connectivity index (χ3v) is 4.46. The van der Waals surface area contributed by atoms with E-state index < -0.39 is 0 Å². The van der Waals surface area contributed by atoms with Crippen LogP contribution in [0, 0.1) is 6.92 Å². The van der Waals surface area contributed by atoms with E-state index in [1.165, 1.54) is 9.75 Å². The molecule has 0 bridgehead atoms. The predicted molar refractivity (Wildman–Crippen MR) is 101 cm³/mol. The number of thiophene rings is 1. The topological polar surface area (TPSA) is 65.5 Å². The molecule has 24 heavy (non-hydrogen) atoms. The molecule has 2 aromatic rings. The molecule has 1 aromatic carbocycles. The molecule has 2 rings (SSSR count). The number of aryl methyl sites for hydroxylation is 1. The maximum atomic E-state index is 11.7. The Morgan fingerprint density at radius 1 is 1.04 bits per heavy atom. The van der Waals surface area contributed by atoms with Gasteiger partial charge in [0, 0.05) is 35.5 Å². The van der Waals surface area contributed by atoms with Gasteiger partial charge in [-0.1, -0.05) is 12.1 Å². The van der Waals surface area contributed by atoms with Crippen molar-refractivity contribution in [1.82, 2.24) is 16.0 Å². The number of nitrogens with zero attached hydrogens (tertiary/aromatic N) is 1. The molecule has 1 amide bonds. The van der Waals surface area contributed by atoms with Gasteiger partial charge in [0.2, 0.25) is 0 Å². The average molecular weight is 344 g/mol. The van der Waals surface area contributed by atoms with Gasteiger partial charge in [0.25, 0.3) is 5.91 Å². The lowest BCUT2D eigenvalue weighted by molar-refractivity contribution is 0.0956. The summed E-state index contributed by atoms with van der Waals surface area (Å²) in [7, 11) is 1.76. The summed E-state index contributed by atoms with van der Waals surface area (Å²) in [6.07, 6.45) is 0. The molecule has 5 nitrogen and oxygen atoms in total. The summed E-state index contributed by atoms with van der Waals surface area (Å²) in [5, 5.41) is 9.37. The Labute approximate surface area is 147 Å². The molecule has 0 atom stereocenters. The number of rotatable bonds is 6. The number of carbonyl (C=O) groups is 1. The van der Waals surface area contributed by atoms with Crippen molar-refractivity contribution < 1.29 is 4.79 Å². The summed E-state index contributed by atoms with van der Waals surface area (Å²) in [6.45, 7) is 6.05. The zero-order chi connectivity index (χ0) is 17.4. The molecule has 1 aromatic heterocycles. The van der Waals surface area contributed by atoms with Gasteiger partial charge in [-0.15, -0.1) is 11.3 Å². The minimum absolute atomic E-state index is 0.0410. The van der Waals surface area contributed by atoms with Gasteiger partial charge in [-0.3, -0.25) is 9.79 Å². The summed E-state index contributed by atoms with van der Waals surface area (Å²) in [4.78, 5) is 18.6. The zero-order valence-electron chi connectivity index (χ0n) is 14.3. The van der Waals surface area contributed by atoms with E-state index in [9.17, 15) is 4.79 Å². The molecular formula is C18H24N4OS. The maximum Gasteiger partial charge on any atom is 0.251 e. The van der Waals surface area contributed by atoms with Gasteiger partial charge >= 0.3 is 0 Å². The molecule has 128 valence electrons. The van der Waals surface area contributed by atoms with Crippen LogP contribution in [0.25, 0.3) is 0 Å². The molecule has 0 aliphatic carbocycles. The molecule has 0 aliphatic rings. The fourth-order valence-corrected chi connectivity index (χ4v) is 3.02. The number of hydrogen-bond acceptors (Lipinski definition) is 3. The van der Waals surface area contributed by atoms with Crippen LogP contribution in [0.1, 0.15) is 32.6 Å². The van der Waals surface area contributed by atoms with Crippen molar-refractivity contribution in [3.63, 3.8) is 0 Å². The Balaban J connectivity index is 1.83. The first-order chi connectivity index (χ1) is 11.6. The van der Waals surface area contributed by atoms with Crippen LogP contribution in [0.4, 0.5) is 0 Å². The number of guanidine groups is 1. The quantitative estimate of drug-likeness (QED) is 0.557. The molecule has 0 aliphatic heterocycles. The van der Waals surface area contributed by atoms with Crippen molar-refractivity contribution in [3.8, 4) is 0 Å². The number of benzene rings is 1. The molecular weight excluding hydrogens is 320 g/mol. The number of amides is 1. The summed E-state index contributed by atoms with van der Waals surface area (Å²) in [6, 6.07) is 11.8. The highest BCUT2D eigenvalue weighted by molar-refractivity contribution is 7.11.